The van der Waals surface area contributed by atoms with Crippen molar-refractivity contribution in [2.24, 2.45) is 0 Å². The molecule has 0 bridgehead atoms. The number of halogens is 1. The molecule has 3 rings (SSSR count). The fourth-order valence-electron chi connectivity index (χ4n) is 4.10. The maximum absolute atomic E-state index is 12.0. The molecule has 1 aliphatic heterocycles. The van der Waals surface area contributed by atoms with Crippen LogP contribution in [-0.4, -0.2) is 41.1 Å². The van der Waals surface area contributed by atoms with E-state index in [1.54, 1.807) is 0 Å². The lowest BCUT2D eigenvalue weighted by Crippen LogP contribution is -2.45. The molecule has 0 spiro atoms. The molecule has 158 valence electrons. The van der Waals surface area contributed by atoms with Crippen molar-refractivity contribution >= 4 is 24.2 Å². The first-order valence-corrected chi connectivity index (χ1v) is 10.2. The van der Waals surface area contributed by atoms with E-state index < -0.39 is 5.54 Å². The minimum atomic E-state index is -0.541. The normalized spacial score (nSPS) is 21.4. The van der Waals surface area contributed by atoms with Crippen LogP contribution in [0.25, 0.3) is 0 Å². The number of carbonyl (C=O) groups excluding carboxylic acids is 2. The zero-order chi connectivity index (χ0) is 19.1. The summed E-state index contributed by atoms with van der Waals surface area (Å²) in [5.74, 6) is 0.913. The number of aryl methyl sites for hydroxylation is 1. The summed E-state index contributed by atoms with van der Waals surface area (Å²) < 4.78 is 5.39. The number of rotatable bonds is 7. The Balaban J connectivity index is 0.00000280. The number of hydrogen-bond donors (Lipinski definition) is 3. The minimum Gasteiger partial charge on any atom is -0.355 e. The van der Waals surface area contributed by atoms with Crippen LogP contribution in [0.4, 0.5) is 0 Å². The van der Waals surface area contributed by atoms with Crippen LogP contribution in [0.5, 0.6) is 0 Å². The smallest absolute Gasteiger partial charge is 0.227 e. The van der Waals surface area contributed by atoms with E-state index in [1.165, 1.54) is 13.3 Å². The van der Waals surface area contributed by atoms with Crippen molar-refractivity contribution in [2.75, 3.05) is 13.1 Å². The maximum atomic E-state index is 12.0. The Labute approximate surface area is 172 Å². The standard InChI is InChI=1S/C19H31N5O3.ClH/c1-14(25)23-19(10-4-2-3-5-11-19)18-22-17(27-24-18)9-8-16(26)21-13-15-7-6-12-20-15;/h15,20H,2-13H2,1H3,(H,21,26)(H,23,25);1H. The molecule has 0 aromatic carbocycles. The largest absolute Gasteiger partial charge is 0.355 e. The minimum absolute atomic E-state index is 0. The van der Waals surface area contributed by atoms with Crippen LogP contribution in [0.3, 0.4) is 0 Å². The van der Waals surface area contributed by atoms with Gasteiger partial charge in [-0.1, -0.05) is 30.8 Å². The van der Waals surface area contributed by atoms with Crippen molar-refractivity contribution in [2.45, 2.75) is 82.7 Å². The van der Waals surface area contributed by atoms with Gasteiger partial charge in [0.15, 0.2) is 5.82 Å². The topological polar surface area (TPSA) is 109 Å². The van der Waals surface area contributed by atoms with Gasteiger partial charge in [-0.2, -0.15) is 4.98 Å². The molecule has 2 amide bonds. The fraction of sp³-hybridized carbons (Fsp3) is 0.789. The Morgan fingerprint density at radius 1 is 1.21 bits per heavy atom. The first-order chi connectivity index (χ1) is 13.1. The molecule has 1 saturated carbocycles. The first kappa shape index (κ1) is 22.6. The van der Waals surface area contributed by atoms with Gasteiger partial charge in [0.05, 0.1) is 0 Å². The number of nitrogens with zero attached hydrogens (tertiary/aromatic N) is 2. The van der Waals surface area contributed by atoms with Crippen LogP contribution in [0, 0.1) is 0 Å². The number of carbonyl (C=O) groups is 2. The summed E-state index contributed by atoms with van der Waals surface area (Å²) in [6, 6.07) is 0.386. The van der Waals surface area contributed by atoms with Crippen molar-refractivity contribution in [3.63, 3.8) is 0 Å². The predicted molar refractivity (Wildman–Crippen MR) is 107 cm³/mol. The molecule has 1 aromatic rings. The molecule has 2 fully saturated rings. The lowest BCUT2D eigenvalue weighted by atomic mass is 9.89. The molecule has 28 heavy (non-hydrogen) atoms. The van der Waals surface area contributed by atoms with Gasteiger partial charge in [0.25, 0.3) is 0 Å². The molecule has 0 radical (unpaired) electrons. The van der Waals surface area contributed by atoms with Gasteiger partial charge >= 0.3 is 0 Å². The van der Waals surface area contributed by atoms with Gasteiger partial charge < -0.3 is 20.5 Å². The summed E-state index contributed by atoms with van der Waals surface area (Å²) in [6.45, 7) is 3.22. The maximum Gasteiger partial charge on any atom is 0.227 e. The van der Waals surface area contributed by atoms with Crippen molar-refractivity contribution in [1.82, 2.24) is 26.1 Å². The van der Waals surface area contributed by atoms with Gasteiger partial charge in [0, 0.05) is 32.4 Å². The summed E-state index contributed by atoms with van der Waals surface area (Å²) in [6.07, 6.45) is 9.02. The molecule has 1 unspecified atom stereocenters. The van der Waals surface area contributed by atoms with E-state index in [4.69, 9.17) is 4.52 Å². The lowest BCUT2D eigenvalue weighted by molar-refractivity contribution is -0.122. The van der Waals surface area contributed by atoms with Gasteiger partial charge in [0.1, 0.15) is 5.54 Å². The number of aromatic nitrogens is 2. The van der Waals surface area contributed by atoms with Crippen LogP contribution in [0.1, 0.15) is 76.4 Å². The Kier molecular flexibility index (Phi) is 8.69. The van der Waals surface area contributed by atoms with E-state index in [0.29, 0.717) is 37.1 Å². The van der Waals surface area contributed by atoms with Gasteiger partial charge in [-0.3, -0.25) is 9.59 Å². The highest BCUT2D eigenvalue weighted by Gasteiger charge is 2.38. The van der Waals surface area contributed by atoms with Crippen molar-refractivity contribution < 1.29 is 14.1 Å². The molecule has 1 aliphatic carbocycles. The van der Waals surface area contributed by atoms with Crippen molar-refractivity contribution in [3.8, 4) is 0 Å². The van der Waals surface area contributed by atoms with Gasteiger partial charge in [-0.05, 0) is 32.2 Å². The summed E-state index contributed by atoms with van der Waals surface area (Å²) in [4.78, 5) is 28.3. The third-order valence-electron chi connectivity index (χ3n) is 5.54. The van der Waals surface area contributed by atoms with Crippen LogP contribution in [-0.2, 0) is 21.5 Å². The number of nitrogens with one attached hydrogen (secondary N) is 3. The quantitative estimate of drug-likeness (QED) is 0.589. The van der Waals surface area contributed by atoms with Gasteiger partial charge in [-0.25, -0.2) is 0 Å². The van der Waals surface area contributed by atoms with Crippen LogP contribution in [0.15, 0.2) is 4.52 Å². The molecule has 3 N–H and O–H groups in total. The summed E-state index contributed by atoms with van der Waals surface area (Å²) in [5.41, 5.74) is -0.541. The SMILES string of the molecule is CC(=O)NC1(c2noc(CCC(=O)NCC3CCCN3)n2)CCCCCC1.Cl. The average Bonchev–Trinajstić information content (AvgIpc) is 3.28. The average molecular weight is 414 g/mol. The molecule has 2 aliphatic rings. The van der Waals surface area contributed by atoms with Crippen LogP contribution in [0.2, 0.25) is 0 Å². The van der Waals surface area contributed by atoms with E-state index in [1.807, 2.05) is 0 Å². The summed E-state index contributed by atoms with van der Waals surface area (Å²) >= 11 is 0. The van der Waals surface area contributed by atoms with Crippen molar-refractivity contribution in [3.05, 3.63) is 11.7 Å². The van der Waals surface area contributed by atoms with E-state index in [0.717, 1.165) is 51.5 Å². The van der Waals surface area contributed by atoms with E-state index in [2.05, 4.69) is 26.1 Å². The highest BCUT2D eigenvalue weighted by molar-refractivity contribution is 5.85. The highest BCUT2D eigenvalue weighted by atomic mass is 35.5. The van der Waals surface area contributed by atoms with Gasteiger partial charge in [-0.15, -0.1) is 12.4 Å². The Morgan fingerprint density at radius 3 is 2.61 bits per heavy atom. The zero-order valence-corrected chi connectivity index (χ0v) is 17.4. The molecule has 9 heteroatoms. The third-order valence-corrected chi connectivity index (χ3v) is 5.54. The first-order valence-electron chi connectivity index (χ1n) is 10.2. The van der Waals surface area contributed by atoms with Crippen molar-refractivity contribution in [1.29, 1.82) is 0 Å². The molecule has 1 aromatic heterocycles. The monoisotopic (exact) mass is 413 g/mol. The van der Waals surface area contributed by atoms with E-state index in [9.17, 15) is 9.59 Å². The summed E-state index contributed by atoms with van der Waals surface area (Å²) in [7, 11) is 0. The Hall–Kier alpha value is -1.67. The second-order valence-corrected chi connectivity index (χ2v) is 7.79. The molecule has 1 saturated heterocycles. The van der Waals surface area contributed by atoms with E-state index in [-0.39, 0.29) is 24.2 Å². The molecule has 8 nitrogen and oxygen atoms in total. The fourth-order valence-corrected chi connectivity index (χ4v) is 4.10. The second kappa shape index (κ2) is 10.8. The van der Waals surface area contributed by atoms with E-state index >= 15 is 0 Å². The number of hydrogen-bond acceptors (Lipinski definition) is 6. The lowest BCUT2D eigenvalue weighted by Gasteiger charge is -2.30. The predicted octanol–water partition coefficient (Wildman–Crippen LogP) is 1.98. The number of amides is 2. The zero-order valence-electron chi connectivity index (χ0n) is 16.6. The third kappa shape index (κ3) is 6.17. The Morgan fingerprint density at radius 2 is 1.96 bits per heavy atom. The molecule has 2 heterocycles. The Bertz CT molecular complexity index is 637. The molecular weight excluding hydrogens is 382 g/mol. The molecular formula is C19H32ClN5O3. The van der Waals surface area contributed by atoms with Crippen LogP contribution >= 0.6 is 12.4 Å². The second-order valence-electron chi connectivity index (χ2n) is 7.79. The van der Waals surface area contributed by atoms with Crippen LogP contribution < -0.4 is 16.0 Å². The van der Waals surface area contributed by atoms with Gasteiger partial charge in [0.2, 0.25) is 17.7 Å². The summed E-state index contributed by atoms with van der Waals surface area (Å²) in [5, 5.41) is 13.5. The highest BCUT2D eigenvalue weighted by Crippen LogP contribution is 2.34. The molecule has 1 atom stereocenters.